The normalized spacial score (nSPS) is 20.8. The van der Waals surface area contributed by atoms with Crippen LogP contribution in [0, 0.1) is 5.92 Å². The van der Waals surface area contributed by atoms with Crippen LogP contribution >= 0.6 is 0 Å². The van der Waals surface area contributed by atoms with Crippen molar-refractivity contribution in [2.45, 2.75) is 64.6 Å². The summed E-state index contributed by atoms with van der Waals surface area (Å²) in [5.41, 5.74) is 0. The quantitative estimate of drug-likeness (QED) is 0.610. The van der Waals surface area contributed by atoms with Gasteiger partial charge in [0.1, 0.15) is 0 Å². The summed E-state index contributed by atoms with van der Waals surface area (Å²) in [6.45, 7) is 4.92. The molecule has 0 saturated heterocycles. The fourth-order valence-corrected chi connectivity index (χ4v) is 1.95. The second-order valence-electron chi connectivity index (χ2n) is 4.32. The first kappa shape index (κ1) is 12.0. The third-order valence-electron chi connectivity index (χ3n) is 2.93. The molecule has 0 aromatic rings. The minimum Gasteiger partial charge on any atom is -0.390 e. The Hall–Kier alpha value is -0.0800. The van der Waals surface area contributed by atoms with Gasteiger partial charge in [0.25, 0.3) is 0 Å². The fourth-order valence-electron chi connectivity index (χ4n) is 1.95. The summed E-state index contributed by atoms with van der Waals surface area (Å²) in [5.74, 6) is 0.645. The zero-order valence-corrected chi connectivity index (χ0v) is 9.54. The topological polar surface area (TPSA) is 29.5 Å². The van der Waals surface area contributed by atoms with Gasteiger partial charge in [-0.15, -0.1) is 0 Å². The molecule has 0 bridgehead atoms. The molecule has 1 aliphatic rings. The molecule has 0 aliphatic heterocycles. The molecular formula is C12H24O2. The molecule has 2 nitrogen and oxygen atoms in total. The third kappa shape index (κ3) is 3.97. The maximum atomic E-state index is 9.95. The van der Waals surface area contributed by atoms with Gasteiger partial charge < -0.3 is 9.84 Å². The van der Waals surface area contributed by atoms with Crippen molar-refractivity contribution in [1.29, 1.82) is 0 Å². The SMILES string of the molecule is CCCCCC(O)C(OCC)C1CC1. The minimum absolute atomic E-state index is 0.122. The highest BCUT2D eigenvalue weighted by Crippen LogP contribution is 2.36. The summed E-state index contributed by atoms with van der Waals surface area (Å²) in [6.07, 6.45) is 6.87. The molecule has 2 atom stereocenters. The first-order valence-electron chi connectivity index (χ1n) is 6.09. The van der Waals surface area contributed by atoms with E-state index in [1.165, 1.54) is 25.7 Å². The van der Waals surface area contributed by atoms with Gasteiger partial charge in [0.2, 0.25) is 0 Å². The number of rotatable bonds is 8. The van der Waals surface area contributed by atoms with Crippen LogP contribution in [-0.4, -0.2) is 23.9 Å². The highest BCUT2D eigenvalue weighted by atomic mass is 16.5. The van der Waals surface area contributed by atoms with Gasteiger partial charge in [-0.1, -0.05) is 26.2 Å². The Bertz CT molecular complexity index is 143. The molecular weight excluding hydrogens is 176 g/mol. The van der Waals surface area contributed by atoms with Gasteiger partial charge in [-0.3, -0.25) is 0 Å². The van der Waals surface area contributed by atoms with E-state index in [1.807, 2.05) is 6.92 Å². The number of ether oxygens (including phenoxy) is 1. The first-order chi connectivity index (χ1) is 6.79. The summed E-state index contributed by atoms with van der Waals surface area (Å²) >= 11 is 0. The average molecular weight is 200 g/mol. The smallest absolute Gasteiger partial charge is 0.0861 e. The van der Waals surface area contributed by atoms with Crippen LogP contribution in [0.2, 0.25) is 0 Å². The van der Waals surface area contributed by atoms with Gasteiger partial charge in [0, 0.05) is 6.61 Å². The van der Waals surface area contributed by atoms with Crippen molar-refractivity contribution in [3.05, 3.63) is 0 Å². The molecule has 84 valence electrons. The van der Waals surface area contributed by atoms with Crippen molar-refractivity contribution in [2.24, 2.45) is 5.92 Å². The van der Waals surface area contributed by atoms with Crippen LogP contribution in [0.4, 0.5) is 0 Å². The van der Waals surface area contributed by atoms with E-state index in [0.29, 0.717) is 5.92 Å². The standard InChI is InChI=1S/C12H24O2/c1-3-5-6-7-11(13)12(14-4-2)10-8-9-10/h10-13H,3-9H2,1-2H3. The third-order valence-corrected chi connectivity index (χ3v) is 2.93. The van der Waals surface area contributed by atoms with E-state index in [-0.39, 0.29) is 12.2 Å². The molecule has 2 unspecified atom stereocenters. The molecule has 0 heterocycles. The number of hydrogen-bond acceptors (Lipinski definition) is 2. The highest BCUT2D eigenvalue weighted by molar-refractivity contribution is 4.86. The van der Waals surface area contributed by atoms with Crippen molar-refractivity contribution in [3.63, 3.8) is 0 Å². The second-order valence-corrected chi connectivity index (χ2v) is 4.32. The van der Waals surface area contributed by atoms with Crippen LogP contribution in [0.5, 0.6) is 0 Å². The van der Waals surface area contributed by atoms with E-state index in [2.05, 4.69) is 6.92 Å². The predicted octanol–water partition coefficient (Wildman–Crippen LogP) is 2.74. The lowest BCUT2D eigenvalue weighted by Gasteiger charge is -2.22. The summed E-state index contributed by atoms with van der Waals surface area (Å²) in [7, 11) is 0. The van der Waals surface area contributed by atoms with Gasteiger partial charge in [0.15, 0.2) is 0 Å². The molecule has 0 radical (unpaired) electrons. The van der Waals surface area contributed by atoms with Crippen LogP contribution in [0.1, 0.15) is 52.4 Å². The molecule has 1 N–H and O–H groups in total. The van der Waals surface area contributed by atoms with Crippen LogP contribution in [-0.2, 0) is 4.74 Å². The van der Waals surface area contributed by atoms with Crippen molar-refractivity contribution in [2.75, 3.05) is 6.61 Å². The molecule has 0 aromatic heterocycles. The van der Waals surface area contributed by atoms with E-state index in [1.54, 1.807) is 0 Å². The van der Waals surface area contributed by atoms with Crippen LogP contribution in [0.3, 0.4) is 0 Å². The maximum absolute atomic E-state index is 9.95. The van der Waals surface area contributed by atoms with E-state index < -0.39 is 0 Å². The summed E-state index contributed by atoms with van der Waals surface area (Å²) < 4.78 is 5.61. The zero-order chi connectivity index (χ0) is 10.4. The number of unbranched alkanes of at least 4 members (excludes halogenated alkanes) is 2. The van der Waals surface area contributed by atoms with E-state index in [4.69, 9.17) is 4.74 Å². The highest BCUT2D eigenvalue weighted by Gasteiger charge is 2.36. The van der Waals surface area contributed by atoms with Gasteiger partial charge in [-0.05, 0) is 32.1 Å². The lowest BCUT2D eigenvalue weighted by molar-refractivity contribution is -0.0482. The molecule has 0 aromatic carbocycles. The van der Waals surface area contributed by atoms with E-state index >= 15 is 0 Å². The Kier molecular flexibility index (Phi) is 5.49. The second kappa shape index (κ2) is 6.41. The van der Waals surface area contributed by atoms with Crippen molar-refractivity contribution < 1.29 is 9.84 Å². The number of hydrogen-bond donors (Lipinski definition) is 1. The number of aliphatic hydroxyl groups is 1. The Morgan fingerprint density at radius 2 is 2.00 bits per heavy atom. The van der Waals surface area contributed by atoms with E-state index in [0.717, 1.165) is 19.4 Å². The average Bonchev–Trinajstić information content (AvgIpc) is 2.98. The minimum atomic E-state index is -0.228. The Balaban J connectivity index is 2.19. The summed E-state index contributed by atoms with van der Waals surface area (Å²) in [5, 5.41) is 9.95. The van der Waals surface area contributed by atoms with E-state index in [9.17, 15) is 5.11 Å². The van der Waals surface area contributed by atoms with Gasteiger partial charge >= 0.3 is 0 Å². The van der Waals surface area contributed by atoms with Gasteiger partial charge in [-0.25, -0.2) is 0 Å². The Labute approximate surface area is 87.7 Å². The van der Waals surface area contributed by atoms with Crippen molar-refractivity contribution >= 4 is 0 Å². The van der Waals surface area contributed by atoms with Crippen molar-refractivity contribution in [3.8, 4) is 0 Å². The molecule has 1 fully saturated rings. The molecule has 2 heteroatoms. The van der Waals surface area contributed by atoms with Crippen LogP contribution < -0.4 is 0 Å². The van der Waals surface area contributed by atoms with Crippen LogP contribution in [0.15, 0.2) is 0 Å². The van der Waals surface area contributed by atoms with Crippen LogP contribution in [0.25, 0.3) is 0 Å². The van der Waals surface area contributed by atoms with Gasteiger partial charge in [-0.2, -0.15) is 0 Å². The Morgan fingerprint density at radius 3 is 2.50 bits per heavy atom. The first-order valence-corrected chi connectivity index (χ1v) is 6.09. The Morgan fingerprint density at radius 1 is 1.29 bits per heavy atom. The molecule has 1 rings (SSSR count). The molecule has 14 heavy (non-hydrogen) atoms. The molecule has 0 spiro atoms. The van der Waals surface area contributed by atoms with Gasteiger partial charge in [0.05, 0.1) is 12.2 Å². The lowest BCUT2D eigenvalue weighted by atomic mass is 10.0. The van der Waals surface area contributed by atoms with Crippen molar-refractivity contribution in [1.82, 2.24) is 0 Å². The zero-order valence-electron chi connectivity index (χ0n) is 9.54. The predicted molar refractivity (Wildman–Crippen MR) is 58.3 cm³/mol. The number of aliphatic hydroxyl groups excluding tert-OH is 1. The monoisotopic (exact) mass is 200 g/mol. The summed E-state index contributed by atoms with van der Waals surface area (Å²) in [4.78, 5) is 0. The molecule has 1 saturated carbocycles. The fraction of sp³-hybridized carbons (Fsp3) is 1.00. The largest absolute Gasteiger partial charge is 0.390 e. The summed E-state index contributed by atoms with van der Waals surface area (Å²) in [6, 6.07) is 0. The lowest BCUT2D eigenvalue weighted by Crippen LogP contribution is -2.31. The molecule has 0 amide bonds. The molecule has 1 aliphatic carbocycles. The maximum Gasteiger partial charge on any atom is 0.0861 e.